The molecule has 0 saturated carbocycles. The second kappa shape index (κ2) is 9.77. The zero-order valence-corrected chi connectivity index (χ0v) is 19.3. The normalized spacial score (nSPS) is 14.4. The maximum atomic E-state index is 13.6. The predicted octanol–water partition coefficient (Wildman–Crippen LogP) is 6.37. The molecule has 2 heterocycles. The summed E-state index contributed by atoms with van der Waals surface area (Å²) >= 11 is 1.53. The molecule has 0 bridgehead atoms. The Kier molecular flexibility index (Phi) is 6.42. The van der Waals surface area contributed by atoms with Crippen LogP contribution in [0.4, 0.5) is 0 Å². The van der Waals surface area contributed by atoms with Gasteiger partial charge in [-0.05, 0) is 74.0 Å². The van der Waals surface area contributed by atoms with Crippen molar-refractivity contribution in [1.82, 2.24) is 4.90 Å². The average Bonchev–Trinajstić information content (AvgIpc) is 3.24. The lowest BCUT2D eigenvalue weighted by molar-refractivity contribution is 0.104. The van der Waals surface area contributed by atoms with E-state index in [0.29, 0.717) is 17.7 Å². The van der Waals surface area contributed by atoms with Gasteiger partial charge in [0.15, 0.2) is 5.78 Å². The highest BCUT2D eigenvalue weighted by atomic mass is 32.1. The summed E-state index contributed by atoms with van der Waals surface area (Å²) in [5.41, 5.74) is 2.31. The lowest BCUT2D eigenvalue weighted by Crippen LogP contribution is -2.33. The number of hydrogen-bond donors (Lipinski definition) is 1. The van der Waals surface area contributed by atoms with Crippen LogP contribution in [0, 0.1) is 0 Å². The van der Waals surface area contributed by atoms with Gasteiger partial charge in [0.1, 0.15) is 18.1 Å². The molecule has 1 aliphatic heterocycles. The highest BCUT2D eigenvalue weighted by Gasteiger charge is 2.22. The van der Waals surface area contributed by atoms with Crippen molar-refractivity contribution in [3.05, 3.63) is 83.9 Å². The molecular formula is C28H27NO3S. The van der Waals surface area contributed by atoms with Crippen molar-refractivity contribution in [2.45, 2.75) is 19.3 Å². The van der Waals surface area contributed by atoms with Crippen molar-refractivity contribution >= 4 is 27.2 Å². The minimum Gasteiger partial charge on any atom is -0.508 e. The van der Waals surface area contributed by atoms with Gasteiger partial charge in [0.2, 0.25) is 0 Å². The number of phenols is 1. The molecule has 4 aromatic rings. The third-order valence-corrected chi connectivity index (χ3v) is 7.38. The molecule has 168 valence electrons. The zero-order valence-electron chi connectivity index (χ0n) is 18.5. The van der Waals surface area contributed by atoms with Gasteiger partial charge in [-0.1, -0.05) is 36.8 Å². The summed E-state index contributed by atoms with van der Waals surface area (Å²) in [7, 11) is 0. The maximum Gasteiger partial charge on any atom is 0.195 e. The molecule has 0 amide bonds. The molecule has 0 spiro atoms. The fourth-order valence-corrected chi connectivity index (χ4v) is 5.66. The average molecular weight is 458 g/mol. The Morgan fingerprint density at radius 2 is 1.70 bits per heavy atom. The summed E-state index contributed by atoms with van der Waals surface area (Å²) in [6, 6.07) is 22.6. The molecule has 0 atom stereocenters. The first-order valence-corrected chi connectivity index (χ1v) is 12.3. The third-order valence-electron chi connectivity index (χ3n) is 6.18. The number of rotatable bonds is 7. The molecule has 1 saturated heterocycles. The van der Waals surface area contributed by atoms with E-state index in [0.717, 1.165) is 45.9 Å². The number of hydrogen-bond acceptors (Lipinski definition) is 5. The molecular weight excluding hydrogens is 430 g/mol. The van der Waals surface area contributed by atoms with Crippen molar-refractivity contribution < 1.29 is 14.6 Å². The van der Waals surface area contributed by atoms with Gasteiger partial charge in [0.25, 0.3) is 0 Å². The van der Waals surface area contributed by atoms with Gasteiger partial charge in [-0.15, -0.1) is 11.3 Å². The van der Waals surface area contributed by atoms with Gasteiger partial charge in [-0.2, -0.15) is 0 Å². The van der Waals surface area contributed by atoms with Gasteiger partial charge in [0, 0.05) is 32.6 Å². The van der Waals surface area contributed by atoms with Crippen molar-refractivity contribution in [3.8, 4) is 21.9 Å². The second-order valence-corrected chi connectivity index (χ2v) is 9.51. The Bertz CT molecular complexity index is 1240. The van der Waals surface area contributed by atoms with E-state index in [1.54, 1.807) is 12.1 Å². The van der Waals surface area contributed by atoms with E-state index in [1.165, 1.54) is 30.6 Å². The van der Waals surface area contributed by atoms with Gasteiger partial charge < -0.3 is 9.84 Å². The number of fused-ring (bicyclic) bond motifs is 1. The Labute approximate surface area is 198 Å². The molecule has 1 aromatic heterocycles. The number of phenolic OH excluding ortho intramolecular Hbond substituents is 1. The van der Waals surface area contributed by atoms with Crippen LogP contribution in [0.3, 0.4) is 0 Å². The minimum absolute atomic E-state index is 0.0225. The third kappa shape index (κ3) is 4.80. The van der Waals surface area contributed by atoms with Crippen LogP contribution in [-0.2, 0) is 0 Å². The Morgan fingerprint density at radius 3 is 2.45 bits per heavy atom. The lowest BCUT2D eigenvalue weighted by Gasteiger charge is -2.26. The number of ketones is 1. The van der Waals surface area contributed by atoms with Crippen LogP contribution in [0.15, 0.2) is 72.8 Å². The fourth-order valence-electron chi connectivity index (χ4n) is 4.43. The summed E-state index contributed by atoms with van der Waals surface area (Å²) in [6.07, 6.45) is 3.89. The predicted molar refractivity (Wildman–Crippen MR) is 135 cm³/mol. The molecule has 1 N–H and O–H groups in total. The summed E-state index contributed by atoms with van der Waals surface area (Å²) in [6.45, 7) is 3.92. The first-order valence-electron chi connectivity index (χ1n) is 11.5. The fraction of sp³-hybridized carbons (Fsp3) is 0.250. The SMILES string of the molecule is O=C(c1ccc(OCCN2CCCCC2)cc1)c1c(-c2ccccc2)sc2cc(O)ccc12. The molecule has 5 heteroatoms. The Morgan fingerprint density at radius 1 is 0.939 bits per heavy atom. The Hall–Kier alpha value is -3.15. The monoisotopic (exact) mass is 457 g/mol. The maximum absolute atomic E-state index is 13.6. The lowest BCUT2D eigenvalue weighted by atomic mass is 9.97. The number of carbonyl (C=O) groups excluding carboxylic acids is 1. The molecule has 0 aliphatic carbocycles. The smallest absolute Gasteiger partial charge is 0.195 e. The summed E-state index contributed by atoms with van der Waals surface area (Å²) < 4.78 is 6.83. The van der Waals surface area contributed by atoms with Crippen molar-refractivity contribution in [1.29, 1.82) is 0 Å². The van der Waals surface area contributed by atoms with E-state index in [2.05, 4.69) is 4.90 Å². The van der Waals surface area contributed by atoms with Crippen LogP contribution in [0.1, 0.15) is 35.2 Å². The van der Waals surface area contributed by atoms with Crippen LogP contribution in [-0.4, -0.2) is 42.0 Å². The highest BCUT2D eigenvalue weighted by molar-refractivity contribution is 7.22. The molecule has 33 heavy (non-hydrogen) atoms. The number of likely N-dealkylation sites (tertiary alicyclic amines) is 1. The van der Waals surface area contributed by atoms with Gasteiger partial charge in [-0.25, -0.2) is 0 Å². The van der Waals surface area contributed by atoms with Crippen LogP contribution in [0.2, 0.25) is 0 Å². The minimum atomic E-state index is -0.0225. The number of ether oxygens (including phenoxy) is 1. The topological polar surface area (TPSA) is 49.8 Å². The zero-order chi connectivity index (χ0) is 22.6. The number of benzene rings is 3. The van der Waals surface area contributed by atoms with Crippen molar-refractivity contribution in [2.24, 2.45) is 0 Å². The quantitative estimate of drug-likeness (QED) is 0.328. The van der Waals surface area contributed by atoms with E-state index in [9.17, 15) is 9.90 Å². The molecule has 1 fully saturated rings. The van der Waals surface area contributed by atoms with Crippen molar-refractivity contribution in [3.63, 3.8) is 0 Å². The first kappa shape index (κ1) is 21.7. The van der Waals surface area contributed by atoms with Gasteiger partial charge in [0.05, 0.1) is 0 Å². The Balaban J connectivity index is 1.38. The van der Waals surface area contributed by atoms with Crippen LogP contribution >= 0.6 is 11.3 Å². The number of nitrogens with zero attached hydrogens (tertiary/aromatic N) is 1. The van der Waals surface area contributed by atoms with Crippen LogP contribution in [0.25, 0.3) is 20.5 Å². The van der Waals surface area contributed by atoms with E-state index >= 15 is 0 Å². The van der Waals surface area contributed by atoms with E-state index < -0.39 is 0 Å². The standard InChI is InChI=1S/C28H27NO3S/c30-22-11-14-24-25(19-22)33-28(21-7-3-1-4-8-21)26(24)27(31)20-9-12-23(13-10-20)32-18-17-29-15-5-2-6-16-29/h1,3-4,7-14,19,30H,2,5-6,15-18H2. The van der Waals surface area contributed by atoms with E-state index in [1.807, 2.05) is 60.7 Å². The molecule has 4 nitrogen and oxygen atoms in total. The largest absolute Gasteiger partial charge is 0.508 e. The van der Waals surface area contributed by atoms with E-state index in [4.69, 9.17) is 4.74 Å². The number of carbonyl (C=O) groups is 1. The number of thiophene rings is 1. The molecule has 5 rings (SSSR count). The van der Waals surface area contributed by atoms with Crippen LogP contribution in [0.5, 0.6) is 11.5 Å². The molecule has 0 radical (unpaired) electrons. The second-order valence-electron chi connectivity index (χ2n) is 8.46. The van der Waals surface area contributed by atoms with Crippen LogP contribution < -0.4 is 4.74 Å². The molecule has 3 aromatic carbocycles. The number of piperidine rings is 1. The number of aromatic hydroxyl groups is 1. The summed E-state index contributed by atoms with van der Waals surface area (Å²) in [5.74, 6) is 0.964. The summed E-state index contributed by atoms with van der Waals surface area (Å²) in [4.78, 5) is 17.0. The molecule has 1 aliphatic rings. The highest BCUT2D eigenvalue weighted by Crippen LogP contribution is 2.41. The van der Waals surface area contributed by atoms with E-state index in [-0.39, 0.29) is 11.5 Å². The molecule has 0 unspecified atom stereocenters. The van der Waals surface area contributed by atoms with Gasteiger partial charge >= 0.3 is 0 Å². The van der Waals surface area contributed by atoms with Crippen molar-refractivity contribution in [2.75, 3.05) is 26.2 Å². The first-order chi connectivity index (χ1) is 16.2. The van der Waals surface area contributed by atoms with Gasteiger partial charge in [-0.3, -0.25) is 9.69 Å². The summed E-state index contributed by atoms with van der Waals surface area (Å²) in [5, 5.41) is 10.8.